The number of rotatable bonds is 8. The number of benzene rings is 2. The standard InChI is InChI=1S/C27H32N2O2/c30-26(25-12-6-7-17-28-25)18-22(14-13-21-8-2-1-3-9-21)15-16-27(31)29-19-23-10-4-5-11-24(23)20-29/h1-5,8-11,15-16,22,25,28H,6-7,12-14,17-20H2/b16-15+/t22-,25-/m0/s1. The van der Waals surface area contributed by atoms with Gasteiger partial charge in [0.2, 0.25) is 5.91 Å². The molecule has 1 N–H and O–H groups in total. The predicted octanol–water partition coefficient (Wildman–Crippen LogP) is 4.44. The van der Waals surface area contributed by atoms with Gasteiger partial charge < -0.3 is 10.2 Å². The van der Waals surface area contributed by atoms with Gasteiger partial charge >= 0.3 is 0 Å². The lowest BCUT2D eigenvalue weighted by Gasteiger charge is -2.24. The molecule has 0 aliphatic carbocycles. The summed E-state index contributed by atoms with van der Waals surface area (Å²) in [5.74, 6) is 0.387. The Labute approximate surface area is 185 Å². The highest BCUT2D eigenvalue weighted by Gasteiger charge is 2.24. The number of nitrogens with one attached hydrogen (secondary N) is 1. The zero-order chi connectivity index (χ0) is 21.5. The molecule has 2 atom stereocenters. The molecule has 4 rings (SSSR count). The Kier molecular flexibility index (Phi) is 7.31. The van der Waals surface area contributed by atoms with Gasteiger partial charge in [-0.15, -0.1) is 0 Å². The summed E-state index contributed by atoms with van der Waals surface area (Å²) in [7, 11) is 0. The molecule has 31 heavy (non-hydrogen) atoms. The average Bonchev–Trinajstić information content (AvgIpc) is 3.26. The first kappa shape index (κ1) is 21.5. The minimum absolute atomic E-state index is 0.0230. The molecule has 0 bridgehead atoms. The number of carbonyl (C=O) groups excluding carboxylic acids is 2. The number of piperidine rings is 1. The summed E-state index contributed by atoms with van der Waals surface area (Å²) in [6.07, 6.45) is 9.14. The minimum atomic E-state index is -0.0230. The smallest absolute Gasteiger partial charge is 0.246 e. The van der Waals surface area contributed by atoms with Gasteiger partial charge in [0.15, 0.2) is 0 Å². The van der Waals surface area contributed by atoms with E-state index in [4.69, 9.17) is 0 Å². The highest BCUT2D eigenvalue weighted by Crippen LogP contribution is 2.23. The lowest BCUT2D eigenvalue weighted by Crippen LogP contribution is -2.41. The lowest BCUT2D eigenvalue weighted by molar-refractivity contribution is -0.126. The molecule has 2 aliphatic rings. The van der Waals surface area contributed by atoms with Gasteiger partial charge in [0.1, 0.15) is 5.78 Å². The van der Waals surface area contributed by atoms with Crippen molar-refractivity contribution < 1.29 is 9.59 Å². The first-order valence-electron chi connectivity index (χ1n) is 11.5. The van der Waals surface area contributed by atoms with E-state index in [1.807, 2.05) is 41.3 Å². The fraction of sp³-hybridized carbons (Fsp3) is 0.407. The van der Waals surface area contributed by atoms with Crippen LogP contribution in [-0.4, -0.2) is 29.2 Å². The second kappa shape index (κ2) is 10.5. The van der Waals surface area contributed by atoms with Crippen LogP contribution in [0.25, 0.3) is 0 Å². The van der Waals surface area contributed by atoms with E-state index in [-0.39, 0.29) is 23.7 Å². The van der Waals surface area contributed by atoms with Crippen molar-refractivity contribution in [3.05, 3.63) is 83.4 Å². The number of fused-ring (bicyclic) bond motifs is 1. The molecule has 4 heteroatoms. The molecule has 1 fully saturated rings. The molecule has 4 nitrogen and oxygen atoms in total. The maximum absolute atomic E-state index is 12.9. The molecule has 162 valence electrons. The van der Waals surface area contributed by atoms with Crippen LogP contribution in [0.5, 0.6) is 0 Å². The van der Waals surface area contributed by atoms with Crippen molar-refractivity contribution in [3.8, 4) is 0 Å². The van der Waals surface area contributed by atoms with Gasteiger partial charge in [-0.3, -0.25) is 9.59 Å². The van der Waals surface area contributed by atoms with Gasteiger partial charge in [-0.2, -0.15) is 0 Å². The minimum Gasteiger partial charge on any atom is -0.330 e. The third kappa shape index (κ3) is 5.92. The zero-order valence-electron chi connectivity index (χ0n) is 18.1. The predicted molar refractivity (Wildman–Crippen MR) is 123 cm³/mol. The van der Waals surface area contributed by atoms with Gasteiger partial charge in [-0.05, 0) is 60.9 Å². The monoisotopic (exact) mass is 416 g/mol. The highest BCUT2D eigenvalue weighted by molar-refractivity contribution is 5.88. The summed E-state index contributed by atoms with van der Waals surface area (Å²) in [5.41, 5.74) is 3.72. The third-order valence-electron chi connectivity index (χ3n) is 6.47. The Morgan fingerprint density at radius 2 is 1.71 bits per heavy atom. The Morgan fingerprint density at radius 1 is 1.00 bits per heavy atom. The number of nitrogens with zero attached hydrogens (tertiary/aromatic N) is 1. The molecular weight excluding hydrogens is 384 g/mol. The SMILES string of the molecule is O=C(C[C@H](/C=C/C(=O)N1Cc2ccccc2C1)CCc1ccccc1)[C@@H]1CCCCN1. The van der Waals surface area contributed by atoms with Crippen LogP contribution in [0.2, 0.25) is 0 Å². The van der Waals surface area contributed by atoms with Crippen LogP contribution in [0.3, 0.4) is 0 Å². The summed E-state index contributed by atoms with van der Waals surface area (Å²) < 4.78 is 0. The van der Waals surface area contributed by atoms with E-state index in [0.29, 0.717) is 19.5 Å². The Balaban J connectivity index is 1.39. The number of aryl methyl sites for hydroxylation is 1. The summed E-state index contributed by atoms with van der Waals surface area (Å²) in [6, 6.07) is 18.6. The van der Waals surface area contributed by atoms with E-state index in [0.717, 1.165) is 38.6 Å². The molecule has 2 aromatic carbocycles. The number of hydrogen-bond donors (Lipinski definition) is 1. The molecule has 0 spiro atoms. The first-order valence-corrected chi connectivity index (χ1v) is 11.5. The molecule has 2 aliphatic heterocycles. The number of Topliss-reactive ketones (excluding diaryl/α,β-unsaturated/α-hetero) is 1. The summed E-state index contributed by atoms with van der Waals surface area (Å²) in [5, 5.41) is 3.37. The fourth-order valence-corrected chi connectivity index (χ4v) is 4.60. The number of hydrogen-bond acceptors (Lipinski definition) is 3. The Morgan fingerprint density at radius 3 is 2.39 bits per heavy atom. The molecule has 0 radical (unpaired) electrons. The first-order chi connectivity index (χ1) is 15.2. The maximum atomic E-state index is 12.9. The van der Waals surface area contributed by atoms with Crippen molar-refractivity contribution >= 4 is 11.7 Å². The molecule has 1 amide bonds. The molecule has 2 heterocycles. The van der Waals surface area contributed by atoms with Crippen LogP contribution in [0, 0.1) is 5.92 Å². The van der Waals surface area contributed by atoms with Gasteiger partial charge in [0.25, 0.3) is 0 Å². The van der Waals surface area contributed by atoms with Crippen molar-refractivity contribution in [2.24, 2.45) is 5.92 Å². The maximum Gasteiger partial charge on any atom is 0.246 e. The normalized spacial score (nSPS) is 19.4. The van der Waals surface area contributed by atoms with Crippen molar-refractivity contribution in [1.29, 1.82) is 0 Å². The molecule has 1 saturated heterocycles. The van der Waals surface area contributed by atoms with E-state index in [1.165, 1.54) is 16.7 Å². The van der Waals surface area contributed by atoms with E-state index in [1.54, 1.807) is 6.08 Å². The van der Waals surface area contributed by atoms with Gasteiger partial charge in [0.05, 0.1) is 6.04 Å². The highest BCUT2D eigenvalue weighted by atomic mass is 16.2. The third-order valence-corrected chi connectivity index (χ3v) is 6.47. The van der Waals surface area contributed by atoms with Crippen LogP contribution < -0.4 is 5.32 Å². The molecule has 0 aromatic heterocycles. The summed E-state index contributed by atoms with van der Waals surface area (Å²) in [6.45, 7) is 2.26. The summed E-state index contributed by atoms with van der Waals surface area (Å²) in [4.78, 5) is 27.6. The fourth-order valence-electron chi connectivity index (χ4n) is 4.60. The van der Waals surface area contributed by atoms with Crippen LogP contribution in [0.15, 0.2) is 66.7 Å². The largest absolute Gasteiger partial charge is 0.330 e. The van der Waals surface area contributed by atoms with E-state index in [2.05, 4.69) is 29.6 Å². The van der Waals surface area contributed by atoms with Gasteiger partial charge in [0, 0.05) is 19.5 Å². The van der Waals surface area contributed by atoms with Crippen molar-refractivity contribution in [2.45, 2.75) is 57.7 Å². The topological polar surface area (TPSA) is 49.4 Å². The quantitative estimate of drug-likeness (QED) is 0.648. The van der Waals surface area contributed by atoms with Crippen LogP contribution in [0.1, 0.15) is 48.8 Å². The Bertz CT molecular complexity index is 891. The Hall–Kier alpha value is -2.72. The molecule has 0 saturated carbocycles. The second-order valence-corrected chi connectivity index (χ2v) is 8.78. The van der Waals surface area contributed by atoms with Crippen molar-refractivity contribution in [1.82, 2.24) is 10.2 Å². The number of ketones is 1. The van der Waals surface area contributed by atoms with Gasteiger partial charge in [-0.1, -0.05) is 67.1 Å². The van der Waals surface area contributed by atoms with Crippen LogP contribution in [-0.2, 0) is 29.1 Å². The molecular formula is C27H32N2O2. The number of carbonyl (C=O) groups is 2. The van der Waals surface area contributed by atoms with Crippen molar-refractivity contribution in [3.63, 3.8) is 0 Å². The van der Waals surface area contributed by atoms with E-state index in [9.17, 15) is 9.59 Å². The summed E-state index contributed by atoms with van der Waals surface area (Å²) >= 11 is 0. The molecule has 0 unspecified atom stereocenters. The van der Waals surface area contributed by atoms with E-state index < -0.39 is 0 Å². The van der Waals surface area contributed by atoms with E-state index >= 15 is 0 Å². The zero-order valence-corrected chi connectivity index (χ0v) is 18.1. The molecule has 2 aromatic rings. The van der Waals surface area contributed by atoms with Gasteiger partial charge in [-0.25, -0.2) is 0 Å². The number of allylic oxidation sites excluding steroid dienone is 1. The van der Waals surface area contributed by atoms with Crippen LogP contribution >= 0.6 is 0 Å². The average molecular weight is 417 g/mol. The van der Waals surface area contributed by atoms with Crippen molar-refractivity contribution in [2.75, 3.05) is 6.54 Å². The lowest BCUT2D eigenvalue weighted by atomic mass is 9.90. The number of amides is 1. The van der Waals surface area contributed by atoms with Crippen LogP contribution in [0.4, 0.5) is 0 Å². The second-order valence-electron chi connectivity index (χ2n) is 8.78.